The van der Waals surface area contributed by atoms with Gasteiger partial charge < -0.3 is 10.2 Å². The topological polar surface area (TPSA) is 15.3 Å². The maximum atomic E-state index is 3.76. The third-order valence-electron chi connectivity index (χ3n) is 3.14. The Balaban J connectivity index is 2.13. The van der Waals surface area contributed by atoms with Gasteiger partial charge in [0.05, 0.1) is 0 Å². The molecular formula is C12H26N2. The van der Waals surface area contributed by atoms with Gasteiger partial charge in [-0.2, -0.15) is 0 Å². The van der Waals surface area contributed by atoms with Crippen LogP contribution in [0.5, 0.6) is 0 Å². The molecule has 2 heteroatoms. The lowest BCUT2D eigenvalue weighted by atomic mass is 10.1. The second-order valence-corrected chi connectivity index (χ2v) is 5.01. The molecule has 14 heavy (non-hydrogen) atoms. The van der Waals surface area contributed by atoms with Gasteiger partial charge in [0.25, 0.3) is 0 Å². The zero-order valence-corrected chi connectivity index (χ0v) is 10.2. The Hall–Kier alpha value is -0.0800. The summed E-state index contributed by atoms with van der Waals surface area (Å²) in [7, 11) is 4.29. The summed E-state index contributed by atoms with van der Waals surface area (Å²) in [5.41, 5.74) is 0. The first-order chi connectivity index (χ1) is 6.63. The van der Waals surface area contributed by atoms with Crippen LogP contribution in [0.15, 0.2) is 0 Å². The fourth-order valence-electron chi connectivity index (χ4n) is 1.99. The highest BCUT2D eigenvalue weighted by molar-refractivity contribution is 4.86. The first-order valence-electron chi connectivity index (χ1n) is 6.04. The van der Waals surface area contributed by atoms with Crippen LogP contribution in [0.4, 0.5) is 0 Å². The number of hydrogen-bond acceptors (Lipinski definition) is 2. The highest BCUT2D eigenvalue weighted by atomic mass is 15.1. The quantitative estimate of drug-likeness (QED) is 0.674. The van der Waals surface area contributed by atoms with Gasteiger partial charge in [0.15, 0.2) is 0 Å². The molecule has 0 spiro atoms. The standard InChI is InChI=1S/C12H26N2/c1-5-12(11-6-7-11)13-10(2)8-9-14(3)4/h10-13H,5-9H2,1-4H3. The molecule has 1 aliphatic carbocycles. The molecule has 2 unspecified atom stereocenters. The Morgan fingerprint density at radius 1 is 1.36 bits per heavy atom. The van der Waals surface area contributed by atoms with Crippen LogP contribution in [-0.2, 0) is 0 Å². The highest BCUT2D eigenvalue weighted by Crippen LogP contribution is 2.34. The van der Waals surface area contributed by atoms with Crippen molar-refractivity contribution in [2.45, 2.75) is 51.6 Å². The van der Waals surface area contributed by atoms with Gasteiger partial charge in [-0.15, -0.1) is 0 Å². The van der Waals surface area contributed by atoms with E-state index < -0.39 is 0 Å². The normalized spacial score (nSPS) is 21.2. The van der Waals surface area contributed by atoms with Gasteiger partial charge in [-0.3, -0.25) is 0 Å². The van der Waals surface area contributed by atoms with Crippen LogP contribution in [0.1, 0.15) is 39.5 Å². The van der Waals surface area contributed by atoms with Crippen LogP contribution < -0.4 is 5.32 Å². The van der Waals surface area contributed by atoms with E-state index in [1.807, 2.05) is 0 Å². The van der Waals surface area contributed by atoms with Gasteiger partial charge in [-0.1, -0.05) is 6.92 Å². The second-order valence-electron chi connectivity index (χ2n) is 5.01. The maximum Gasteiger partial charge on any atom is 0.00951 e. The van der Waals surface area contributed by atoms with Crippen LogP contribution in [0.3, 0.4) is 0 Å². The molecule has 0 amide bonds. The summed E-state index contributed by atoms with van der Waals surface area (Å²) in [5.74, 6) is 0.988. The van der Waals surface area contributed by atoms with Crippen molar-refractivity contribution in [2.24, 2.45) is 5.92 Å². The van der Waals surface area contributed by atoms with Crippen molar-refractivity contribution in [2.75, 3.05) is 20.6 Å². The lowest BCUT2D eigenvalue weighted by molar-refractivity contribution is 0.334. The summed E-state index contributed by atoms with van der Waals surface area (Å²) in [6.45, 7) is 5.80. The Morgan fingerprint density at radius 3 is 2.43 bits per heavy atom. The Bertz CT molecular complexity index is 152. The molecule has 84 valence electrons. The summed E-state index contributed by atoms with van der Waals surface area (Å²) in [5, 5.41) is 3.76. The van der Waals surface area contributed by atoms with E-state index in [-0.39, 0.29) is 0 Å². The van der Waals surface area contributed by atoms with Crippen LogP contribution in [0, 0.1) is 5.92 Å². The summed E-state index contributed by atoms with van der Waals surface area (Å²) < 4.78 is 0. The van der Waals surface area contributed by atoms with Gasteiger partial charge in [0, 0.05) is 12.1 Å². The number of nitrogens with zero attached hydrogens (tertiary/aromatic N) is 1. The number of hydrogen-bond donors (Lipinski definition) is 1. The van der Waals surface area contributed by atoms with Crippen molar-refractivity contribution in [1.82, 2.24) is 10.2 Å². The minimum atomic E-state index is 0.669. The van der Waals surface area contributed by atoms with Crippen LogP contribution in [0.2, 0.25) is 0 Å². The smallest absolute Gasteiger partial charge is 0.00951 e. The minimum absolute atomic E-state index is 0.669. The second kappa shape index (κ2) is 5.72. The lowest BCUT2D eigenvalue weighted by Crippen LogP contribution is -2.39. The molecule has 0 saturated heterocycles. The molecular weight excluding hydrogens is 172 g/mol. The Labute approximate surface area is 89.1 Å². The van der Waals surface area contributed by atoms with E-state index >= 15 is 0 Å². The van der Waals surface area contributed by atoms with E-state index in [2.05, 4.69) is 38.2 Å². The molecule has 0 aromatic rings. The third kappa shape index (κ3) is 4.43. The van der Waals surface area contributed by atoms with E-state index in [0.29, 0.717) is 6.04 Å². The van der Waals surface area contributed by atoms with Crippen molar-refractivity contribution in [1.29, 1.82) is 0 Å². The van der Waals surface area contributed by atoms with E-state index in [9.17, 15) is 0 Å². The zero-order valence-electron chi connectivity index (χ0n) is 10.2. The molecule has 0 bridgehead atoms. The molecule has 0 aliphatic heterocycles. The molecule has 1 N–H and O–H groups in total. The van der Waals surface area contributed by atoms with Crippen LogP contribution in [-0.4, -0.2) is 37.6 Å². The summed E-state index contributed by atoms with van der Waals surface area (Å²) in [6, 6.07) is 1.45. The molecule has 2 nitrogen and oxygen atoms in total. The van der Waals surface area contributed by atoms with E-state index in [4.69, 9.17) is 0 Å². The molecule has 0 heterocycles. The van der Waals surface area contributed by atoms with Gasteiger partial charge >= 0.3 is 0 Å². The van der Waals surface area contributed by atoms with Gasteiger partial charge in [0.2, 0.25) is 0 Å². The number of rotatable bonds is 7. The molecule has 1 aliphatic rings. The van der Waals surface area contributed by atoms with Crippen LogP contribution >= 0.6 is 0 Å². The fraction of sp³-hybridized carbons (Fsp3) is 1.00. The summed E-state index contributed by atoms with van der Waals surface area (Å²) >= 11 is 0. The zero-order chi connectivity index (χ0) is 10.6. The van der Waals surface area contributed by atoms with Crippen molar-refractivity contribution < 1.29 is 0 Å². The molecule has 1 saturated carbocycles. The van der Waals surface area contributed by atoms with Crippen molar-refractivity contribution in [3.8, 4) is 0 Å². The average Bonchev–Trinajstić information content (AvgIpc) is 2.94. The lowest BCUT2D eigenvalue weighted by Gasteiger charge is -2.23. The fourth-order valence-corrected chi connectivity index (χ4v) is 1.99. The van der Waals surface area contributed by atoms with Gasteiger partial charge in [0.1, 0.15) is 0 Å². The predicted molar refractivity (Wildman–Crippen MR) is 62.6 cm³/mol. The largest absolute Gasteiger partial charge is 0.311 e. The van der Waals surface area contributed by atoms with Crippen molar-refractivity contribution in [3.05, 3.63) is 0 Å². The first-order valence-corrected chi connectivity index (χ1v) is 6.04. The van der Waals surface area contributed by atoms with Crippen molar-refractivity contribution in [3.63, 3.8) is 0 Å². The summed E-state index contributed by atoms with van der Waals surface area (Å²) in [6.07, 6.45) is 5.45. The maximum absolute atomic E-state index is 3.76. The monoisotopic (exact) mass is 198 g/mol. The van der Waals surface area contributed by atoms with Crippen molar-refractivity contribution >= 4 is 0 Å². The van der Waals surface area contributed by atoms with Gasteiger partial charge in [-0.25, -0.2) is 0 Å². The summed E-state index contributed by atoms with van der Waals surface area (Å²) in [4.78, 5) is 2.26. The minimum Gasteiger partial charge on any atom is -0.311 e. The highest BCUT2D eigenvalue weighted by Gasteiger charge is 2.30. The van der Waals surface area contributed by atoms with Crippen LogP contribution in [0.25, 0.3) is 0 Å². The van der Waals surface area contributed by atoms with Gasteiger partial charge in [-0.05, 0) is 59.2 Å². The molecule has 0 radical (unpaired) electrons. The average molecular weight is 198 g/mol. The molecule has 1 fully saturated rings. The predicted octanol–water partition coefficient (Wildman–Crippen LogP) is 2.10. The molecule has 0 aromatic heterocycles. The van der Waals surface area contributed by atoms with E-state index in [0.717, 1.165) is 12.0 Å². The van der Waals surface area contributed by atoms with E-state index in [1.54, 1.807) is 0 Å². The SMILES string of the molecule is CCC(NC(C)CCN(C)C)C1CC1. The molecule has 2 atom stereocenters. The Kier molecular flexibility index (Phi) is 4.90. The first kappa shape index (κ1) is 12.0. The molecule has 0 aromatic carbocycles. The third-order valence-corrected chi connectivity index (χ3v) is 3.14. The Morgan fingerprint density at radius 2 is 2.00 bits per heavy atom. The molecule has 1 rings (SSSR count). The van der Waals surface area contributed by atoms with E-state index in [1.165, 1.54) is 32.2 Å². The number of nitrogens with one attached hydrogen (secondary N) is 1.